The SMILES string of the molecule is COc1cc(C=C2OCCN3C2=NCCCN3c2ccc(F)cc2)ccc1-n1cnc(C)c1. The molecule has 1 saturated heterocycles. The van der Waals surface area contributed by atoms with E-state index in [2.05, 4.69) is 15.0 Å². The number of halogens is 1. The van der Waals surface area contributed by atoms with Crippen molar-refractivity contribution in [1.29, 1.82) is 0 Å². The molecule has 0 atom stereocenters. The molecule has 33 heavy (non-hydrogen) atoms. The number of aliphatic imine (C=N–C) groups is 1. The number of aryl methyl sites for hydroxylation is 1. The number of amidine groups is 1. The predicted molar refractivity (Wildman–Crippen MR) is 126 cm³/mol. The summed E-state index contributed by atoms with van der Waals surface area (Å²) < 4.78 is 27.1. The van der Waals surface area contributed by atoms with Gasteiger partial charge < -0.3 is 14.0 Å². The number of morpholine rings is 1. The van der Waals surface area contributed by atoms with Crippen molar-refractivity contribution in [2.75, 3.05) is 38.4 Å². The van der Waals surface area contributed by atoms with E-state index in [1.165, 1.54) is 12.1 Å². The first kappa shape index (κ1) is 21.1. The van der Waals surface area contributed by atoms with Gasteiger partial charge in [0.05, 0.1) is 37.1 Å². The third kappa shape index (κ3) is 4.28. The molecule has 5 rings (SSSR count). The second-order valence-electron chi connectivity index (χ2n) is 7.99. The van der Waals surface area contributed by atoms with Crippen LogP contribution in [0.1, 0.15) is 17.7 Å². The first-order valence-corrected chi connectivity index (χ1v) is 11.0. The number of ether oxygens (including phenoxy) is 2. The second-order valence-corrected chi connectivity index (χ2v) is 7.99. The van der Waals surface area contributed by atoms with E-state index >= 15 is 0 Å². The number of benzene rings is 2. The summed E-state index contributed by atoms with van der Waals surface area (Å²) in [5.74, 6) is 2.00. The van der Waals surface area contributed by atoms with Crippen LogP contribution >= 0.6 is 0 Å². The highest BCUT2D eigenvalue weighted by atomic mass is 19.1. The van der Waals surface area contributed by atoms with E-state index in [1.807, 2.05) is 42.0 Å². The zero-order chi connectivity index (χ0) is 22.8. The molecular formula is C25H26FN5O2. The Balaban J connectivity index is 1.47. The molecule has 0 unspecified atom stereocenters. The van der Waals surface area contributed by atoms with Crippen LogP contribution in [0.25, 0.3) is 11.8 Å². The minimum atomic E-state index is -0.242. The van der Waals surface area contributed by atoms with Crippen molar-refractivity contribution in [2.24, 2.45) is 4.99 Å². The smallest absolute Gasteiger partial charge is 0.185 e. The number of fused-ring (bicyclic) bond motifs is 1. The maximum Gasteiger partial charge on any atom is 0.185 e. The highest BCUT2D eigenvalue weighted by Gasteiger charge is 2.29. The molecular weight excluding hydrogens is 421 g/mol. The van der Waals surface area contributed by atoms with Crippen LogP contribution in [-0.4, -0.2) is 53.7 Å². The molecule has 170 valence electrons. The van der Waals surface area contributed by atoms with E-state index < -0.39 is 0 Å². The van der Waals surface area contributed by atoms with Gasteiger partial charge >= 0.3 is 0 Å². The van der Waals surface area contributed by atoms with Crippen LogP contribution in [0.2, 0.25) is 0 Å². The highest BCUT2D eigenvalue weighted by Crippen LogP contribution is 2.28. The van der Waals surface area contributed by atoms with Gasteiger partial charge in [-0.15, -0.1) is 0 Å². The number of anilines is 1. The number of hydrogen-bond acceptors (Lipinski definition) is 6. The molecule has 0 N–H and O–H groups in total. The number of imidazole rings is 1. The summed E-state index contributed by atoms with van der Waals surface area (Å²) in [6.07, 6.45) is 6.63. The molecule has 0 saturated carbocycles. The Labute approximate surface area is 192 Å². The van der Waals surface area contributed by atoms with Crippen molar-refractivity contribution < 1.29 is 13.9 Å². The largest absolute Gasteiger partial charge is 0.495 e. The monoisotopic (exact) mass is 447 g/mol. The van der Waals surface area contributed by atoms with Crippen molar-refractivity contribution in [1.82, 2.24) is 14.6 Å². The maximum absolute atomic E-state index is 13.5. The first-order chi connectivity index (χ1) is 16.1. The third-order valence-electron chi connectivity index (χ3n) is 5.72. The molecule has 0 aliphatic carbocycles. The minimum absolute atomic E-state index is 0.242. The van der Waals surface area contributed by atoms with E-state index in [-0.39, 0.29) is 5.82 Å². The van der Waals surface area contributed by atoms with Gasteiger partial charge in [-0.05, 0) is 61.4 Å². The zero-order valence-corrected chi connectivity index (χ0v) is 18.7. The fraction of sp³-hybridized carbons (Fsp3) is 0.280. The van der Waals surface area contributed by atoms with Gasteiger partial charge in [0.25, 0.3) is 0 Å². The van der Waals surface area contributed by atoms with E-state index in [4.69, 9.17) is 14.5 Å². The van der Waals surface area contributed by atoms with Crippen LogP contribution < -0.4 is 9.75 Å². The Morgan fingerprint density at radius 1 is 1.09 bits per heavy atom. The number of methoxy groups -OCH3 is 1. The van der Waals surface area contributed by atoms with Crippen LogP contribution in [0.4, 0.5) is 10.1 Å². The Morgan fingerprint density at radius 3 is 2.70 bits per heavy atom. The molecule has 0 radical (unpaired) electrons. The van der Waals surface area contributed by atoms with Crippen LogP contribution in [0.15, 0.2) is 65.7 Å². The number of hydrogen-bond donors (Lipinski definition) is 0. The molecule has 8 heteroatoms. The van der Waals surface area contributed by atoms with Gasteiger partial charge in [-0.1, -0.05) is 6.07 Å². The van der Waals surface area contributed by atoms with Gasteiger partial charge in [0, 0.05) is 19.3 Å². The lowest BCUT2D eigenvalue weighted by Crippen LogP contribution is -2.51. The van der Waals surface area contributed by atoms with Gasteiger partial charge in [-0.2, -0.15) is 0 Å². The van der Waals surface area contributed by atoms with Crippen LogP contribution in [-0.2, 0) is 4.74 Å². The highest BCUT2D eigenvalue weighted by molar-refractivity contribution is 6.01. The molecule has 0 amide bonds. The fourth-order valence-corrected chi connectivity index (χ4v) is 4.15. The molecule has 0 spiro atoms. The van der Waals surface area contributed by atoms with Crippen molar-refractivity contribution >= 4 is 17.6 Å². The Hall–Kier alpha value is -3.81. The molecule has 0 bridgehead atoms. The first-order valence-electron chi connectivity index (χ1n) is 11.0. The quantitative estimate of drug-likeness (QED) is 0.599. The molecule has 1 fully saturated rings. The molecule has 1 aromatic heterocycles. The van der Waals surface area contributed by atoms with Gasteiger partial charge in [-0.3, -0.25) is 15.0 Å². The molecule has 2 aliphatic heterocycles. The Bertz CT molecular complexity index is 1200. The van der Waals surface area contributed by atoms with Gasteiger partial charge in [-0.25, -0.2) is 9.37 Å². The summed E-state index contributed by atoms with van der Waals surface area (Å²) in [4.78, 5) is 9.12. The number of hydrazine groups is 1. The summed E-state index contributed by atoms with van der Waals surface area (Å²) in [7, 11) is 1.66. The third-order valence-corrected chi connectivity index (χ3v) is 5.72. The lowest BCUT2D eigenvalue weighted by atomic mass is 10.1. The summed E-state index contributed by atoms with van der Waals surface area (Å²) in [5.41, 5.74) is 3.75. The van der Waals surface area contributed by atoms with E-state index in [0.29, 0.717) is 25.5 Å². The van der Waals surface area contributed by atoms with Gasteiger partial charge in [0.15, 0.2) is 11.6 Å². The normalized spacial score (nSPS) is 17.3. The number of nitrogens with zero attached hydrogens (tertiary/aromatic N) is 5. The van der Waals surface area contributed by atoms with Crippen molar-refractivity contribution in [3.63, 3.8) is 0 Å². The topological polar surface area (TPSA) is 55.1 Å². The van der Waals surface area contributed by atoms with Crippen LogP contribution in [0.5, 0.6) is 5.75 Å². The van der Waals surface area contributed by atoms with Gasteiger partial charge in [0.2, 0.25) is 0 Å². The molecule has 2 aliphatic rings. The maximum atomic E-state index is 13.5. The summed E-state index contributed by atoms with van der Waals surface area (Å²) in [6, 6.07) is 12.6. The average Bonchev–Trinajstić information content (AvgIpc) is 3.14. The van der Waals surface area contributed by atoms with Crippen molar-refractivity contribution in [2.45, 2.75) is 13.3 Å². The average molecular weight is 448 g/mol. The van der Waals surface area contributed by atoms with E-state index in [0.717, 1.165) is 47.2 Å². The van der Waals surface area contributed by atoms with Crippen molar-refractivity contribution in [3.05, 3.63) is 77.8 Å². The molecule has 7 nitrogen and oxygen atoms in total. The van der Waals surface area contributed by atoms with Crippen LogP contribution in [0, 0.1) is 12.7 Å². The Kier molecular flexibility index (Phi) is 5.73. The standard InChI is InChI=1S/C25H26FN5O2/c1-18-16-29(17-28-18)22-9-4-19(14-23(22)32-2)15-24-25-27-10-3-11-30(31(25)12-13-33-24)21-7-5-20(26)6-8-21/h4-9,14-17H,3,10-13H2,1-2H3. The second kappa shape index (κ2) is 8.97. The van der Waals surface area contributed by atoms with E-state index in [1.54, 1.807) is 25.6 Å². The van der Waals surface area contributed by atoms with Gasteiger partial charge in [0.1, 0.15) is 18.2 Å². The lowest BCUT2D eigenvalue weighted by molar-refractivity contribution is 0.166. The van der Waals surface area contributed by atoms with E-state index in [9.17, 15) is 4.39 Å². The summed E-state index contributed by atoms with van der Waals surface area (Å²) in [6.45, 7) is 4.67. The molecule has 3 aromatic rings. The van der Waals surface area contributed by atoms with Crippen LogP contribution in [0.3, 0.4) is 0 Å². The number of aromatic nitrogens is 2. The minimum Gasteiger partial charge on any atom is -0.495 e. The fourth-order valence-electron chi connectivity index (χ4n) is 4.15. The zero-order valence-electron chi connectivity index (χ0n) is 18.7. The molecule has 3 heterocycles. The summed E-state index contributed by atoms with van der Waals surface area (Å²) in [5, 5.41) is 4.29. The summed E-state index contributed by atoms with van der Waals surface area (Å²) >= 11 is 0. The number of rotatable bonds is 4. The predicted octanol–water partition coefficient (Wildman–Crippen LogP) is 4.23. The molecule has 2 aromatic carbocycles. The Morgan fingerprint density at radius 2 is 1.94 bits per heavy atom. The lowest BCUT2D eigenvalue weighted by Gasteiger charge is -2.40. The van der Waals surface area contributed by atoms with Crippen molar-refractivity contribution in [3.8, 4) is 11.4 Å².